The fourth-order valence-electron chi connectivity index (χ4n) is 1.66. The van der Waals surface area contributed by atoms with Crippen molar-refractivity contribution in [2.24, 2.45) is 5.92 Å². The summed E-state index contributed by atoms with van der Waals surface area (Å²) >= 11 is 14.8. The molecule has 0 saturated carbocycles. The lowest BCUT2D eigenvalue weighted by atomic mass is 10.2. The van der Waals surface area contributed by atoms with Crippen molar-refractivity contribution in [1.29, 1.82) is 0 Å². The van der Waals surface area contributed by atoms with Crippen LogP contribution in [0.25, 0.3) is 0 Å². The predicted octanol–water partition coefficient (Wildman–Crippen LogP) is 5.03. The van der Waals surface area contributed by atoms with Gasteiger partial charge in [0.05, 0.1) is 21.0 Å². The van der Waals surface area contributed by atoms with Gasteiger partial charge in [-0.05, 0) is 25.0 Å². The number of thioether (sulfide) groups is 1. The quantitative estimate of drug-likeness (QED) is 0.633. The van der Waals surface area contributed by atoms with E-state index in [9.17, 15) is 4.79 Å². The first-order valence-electron chi connectivity index (χ1n) is 7.35. The van der Waals surface area contributed by atoms with Gasteiger partial charge < -0.3 is 10.6 Å². The third-order valence-corrected chi connectivity index (χ3v) is 5.81. The Morgan fingerprint density at radius 2 is 2.04 bits per heavy atom. The largest absolute Gasteiger partial charge is 0.360 e. The number of halogens is 2. The molecule has 5 nitrogen and oxygen atoms in total. The van der Waals surface area contributed by atoms with Crippen LogP contribution in [-0.2, 0) is 4.79 Å². The fraction of sp³-hybridized carbons (Fsp3) is 0.400. The highest BCUT2D eigenvalue weighted by atomic mass is 35.5. The molecule has 0 saturated heterocycles. The summed E-state index contributed by atoms with van der Waals surface area (Å²) < 4.78 is 0.737. The van der Waals surface area contributed by atoms with Crippen molar-refractivity contribution in [2.45, 2.75) is 30.4 Å². The van der Waals surface area contributed by atoms with Crippen LogP contribution in [0.1, 0.15) is 20.8 Å². The maximum absolute atomic E-state index is 12.3. The lowest BCUT2D eigenvalue weighted by molar-refractivity contribution is -0.115. The minimum absolute atomic E-state index is 0.170. The van der Waals surface area contributed by atoms with E-state index >= 15 is 0 Å². The van der Waals surface area contributed by atoms with Gasteiger partial charge in [-0.25, -0.2) is 0 Å². The molecule has 1 aromatic heterocycles. The van der Waals surface area contributed by atoms with Gasteiger partial charge in [0.2, 0.25) is 11.0 Å². The molecule has 0 bridgehead atoms. The number of hydrogen-bond acceptors (Lipinski definition) is 6. The summed E-state index contributed by atoms with van der Waals surface area (Å²) in [5.74, 6) is 0.355. The van der Waals surface area contributed by atoms with Crippen LogP contribution in [0, 0.1) is 5.92 Å². The molecule has 2 N–H and O–H groups in total. The molecule has 0 aliphatic rings. The van der Waals surface area contributed by atoms with E-state index in [1.54, 1.807) is 25.1 Å². The van der Waals surface area contributed by atoms with Crippen molar-refractivity contribution in [1.82, 2.24) is 10.2 Å². The monoisotopic (exact) mass is 404 g/mol. The highest BCUT2D eigenvalue weighted by molar-refractivity contribution is 8.02. The second-order valence-electron chi connectivity index (χ2n) is 5.50. The van der Waals surface area contributed by atoms with Crippen LogP contribution in [0.3, 0.4) is 0 Å². The molecule has 1 aromatic carbocycles. The Hall–Kier alpha value is -1.02. The molecule has 2 rings (SSSR count). The Morgan fingerprint density at radius 3 is 2.75 bits per heavy atom. The van der Waals surface area contributed by atoms with E-state index in [2.05, 4.69) is 34.7 Å². The number of hydrogen-bond donors (Lipinski definition) is 2. The molecule has 2 aromatic rings. The number of rotatable bonds is 7. The van der Waals surface area contributed by atoms with Crippen LogP contribution < -0.4 is 10.6 Å². The molecule has 130 valence electrons. The van der Waals surface area contributed by atoms with Crippen molar-refractivity contribution in [3.63, 3.8) is 0 Å². The van der Waals surface area contributed by atoms with Crippen LogP contribution in [0.4, 0.5) is 10.8 Å². The first kappa shape index (κ1) is 19.3. The summed E-state index contributed by atoms with van der Waals surface area (Å²) in [7, 11) is 0. The van der Waals surface area contributed by atoms with Crippen molar-refractivity contribution < 1.29 is 4.79 Å². The highest BCUT2D eigenvalue weighted by Gasteiger charge is 2.18. The number of benzene rings is 1. The summed E-state index contributed by atoms with van der Waals surface area (Å²) in [5.41, 5.74) is 0.498. The number of nitrogens with zero attached hydrogens (tertiary/aromatic N) is 2. The topological polar surface area (TPSA) is 66.9 Å². The van der Waals surface area contributed by atoms with E-state index in [0.29, 0.717) is 21.7 Å². The summed E-state index contributed by atoms with van der Waals surface area (Å²) in [5, 5.41) is 15.3. The summed E-state index contributed by atoms with van der Waals surface area (Å²) in [6, 6.07) is 5.12. The first-order chi connectivity index (χ1) is 11.4. The van der Waals surface area contributed by atoms with Gasteiger partial charge in [-0.15, -0.1) is 10.2 Å². The Balaban J connectivity index is 1.93. The number of nitrogens with one attached hydrogen (secondary N) is 2. The van der Waals surface area contributed by atoms with Crippen molar-refractivity contribution in [2.75, 3.05) is 17.2 Å². The van der Waals surface area contributed by atoms with Crippen LogP contribution >= 0.6 is 46.3 Å². The van der Waals surface area contributed by atoms with E-state index in [-0.39, 0.29) is 11.2 Å². The Bertz CT molecular complexity index is 709. The van der Waals surface area contributed by atoms with E-state index in [4.69, 9.17) is 23.2 Å². The third-order valence-electron chi connectivity index (χ3n) is 2.92. The Morgan fingerprint density at radius 1 is 1.29 bits per heavy atom. The van der Waals surface area contributed by atoms with E-state index in [1.807, 2.05) is 0 Å². The minimum Gasteiger partial charge on any atom is -0.360 e. The minimum atomic E-state index is -0.342. The fourth-order valence-corrected chi connectivity index (χ4v) is 3.91. The molecule has 24 heavy (non-hydrogen) atoms. The van der Waals surface area contributed by atoms with Crippen LogP contribution in [-0.4, -0.2) is 27.9 Å². The number of carbonyl (C=O) groups excluding carboxylic acids is 1. The molecule has 1 amide bonds. The molecular formula is C15H18Cl2N4OS2. The van der Waals surface area contributed by atoms with Crippen LogP contribution in [0.5, 0.6) is 0 Å². The van der Waals surface area contributed by atoms with Crippen molar-refractivity contribution >= 4 is 63.0 Å². The van der Waals surface area contributed by atoms with E-state index < -0.39 is 0 Å². The number of amides is 1. The lowest BCUT2D eigenvalue weighted by Crippen LogP contribution is -2.22. The van der Waals surface area contributed by atoms with Gasteiger partial charge in [-0.2, -0.15) is 0 Å². The van der Waals surface area contributed by atoms with Gasteiger partial charge in [0.25, 0.3) is 0 Å². The molecule has 0 spiro atoms. The summed E-state index contributed by atoms with van der Waals surface area (Å²) in [4.78, 5) is 12.3. The van der Waals surface area contributed by atoms with Gasteiger partial charge in [0, 0.05) is 6.54 Å². The lowest BCUT2D eigenvalue weighted by Gasteiger charge is -2.12. The summed E-state index contributed by atoms with van der Waals surface area (Å²) in [6.45, 7) is 6.89. The number of aromatic nitrogens is 2. The van der Waals surface area contributed by atoms with Crippen LogP contribution in [0.2, 0.25) is 10.0 Å². The number of anilines is 2. The first-order valence-corrected chi connectivity index (χ1v) is 9.81. The Kier molecular flexibility index (Phi) is 7.16. The molecule has 0 aliphatic carbocycles. The van der Waals surface area contributed by atoms with Crippen LogP contribution in [0.15, 0.2) is 22.5 Å². The Labute approximate surface area is 159 Å². The molecule has 9 heteroatoms. The average Bonchev–Trinajstić information content (AvgIpc) is 2.97. The normalized spacial score (nSPS) is 12.2. The maximum atomic E-state index is 12.3. The van der Waals surface area contributed by atoms with Gasteiger partial charge in [-0.3, -0.25) is 4.79 Å². The smallest absolute Gasteiger partial charge is 0.237 e. The molecule has 1 atom stereocenters. The zero-order chi connectivity index (χ0) is 17.7. The molecule has 1 unspecified atom stereocenters. The van der Waals surface area contributed by atoms with E-state index in [1.165, 1.54) is 23.1 Å². The molecule has 0 radical (unpaired) electrons. The van der Waals surface area contributed by atoms with Gasteiger partial charge in [-0.1, -0.05) is 66.2 Å². The third kappa shape index (κ3) is 5.51. The second kappa shape index (κ2) is 8.89. The van der Waals surface area contributed by atoms with Gasteiger partial charge in [0.1, 0.15) is 0 Å². The molecular weight excluding hydrogens is 387 g/mol. The highest BCUT2D eigenvalue weighted by Crippen LogP contribution is 2.32. The molecule has 1 heterocycles. The second-order valence-corrected chi connectivity index (χ2v) is 8.85. The number of carbonyl (C=O) groups is 1. The standard InChI is InChI=1S/C15H18Cl2N4OS2/c1-8(2)7-18-14-20-21-15(24-14)23-9(3)13(22)19-11-6-4-5-10(16)12(11)17/h4-6,8-9H,7H2,1-3H3,(H,18,20)(H,19,22). The predicted molar refractivity (Wildman–Crippen MR) is 104 cm³/mol. The summed E-state index contributed by atoms with van der Waals surface area (Å²) in [6.07, 6.45) is 0. The maximum Gasteiger partial charge on any atom is 0.237 e. The molecule has 0 aliphatic heterocycles. The zero-order valence-corrected chi connectivity index (χ0v) is 16.6. The van der Waals surface area contributed by atoms with Gasteiger partial charge >= 0.3 is 0 Å². The average molecular weight is 405 g/mol. The molecule has 0 fully saturated rings. The van der Waals surface area contributed by atoms with Crippen molar-refractivity contribution in [3.05, 3.63) is 28.2 Å². The SMILES string of the molecule is CC(C)CNc1nnc(SC(C)C(=O)Nc2cccc(Cl)c2Cl)s1. The van der Waals surface area contributed by atoms with Crippen molar-refractivity contribution in [3.8, 4) is 0 Å². The zero-order valence-electron chi connectivity index (χ0n) is 13.5. The van der Waals surface area contributed by atoms with Gasteiger partial charge in [0.15, 0.2) is 4.34 Å². The van der Waals surface area contributed by atoms with E-state index in [0.717, 1.165) is 16.0 Å².